The van der Waals surface area contributed by atoms with Gasteiger partial charge in [-0.1, -0.05) is 44.1 Å². The Morgan fingerprint density at radius 1 is 1.19 bits per heavy atom. The number of thiophene rings is 1. The van der Waals surface area contributed by atoms with E-state index in [9.17, 15) is 4.79 Å². The summed E-state index contributed by atoms with van der Waals surface area (Å²) in [6.07, 6.45) is 10.7. The smallest absolute Gasteiger partial charge is 0.262 e. The summed E-state index contributed by atoms with van der Waals surface area (Å²) in [5.74, 6) is 0.927. The number of allylic oxidation sites excluding steroid dienone is 3. The van der Waals surface area contributed by atoms with Crippen LogP contribution in [0.5, 0.6) is 0 Å². The number of carbonyl (C=O) groups is 1. The van der Waals surface area contributed by atoms with Gasteiger partial charge >= 0.3 is 0 Å². The zero-order valence-corrected chi connectivity index (χ0v) is 18.9. The van der Waals surface area contributed by atoms with Crippen LogP contribution in [0.25, 0.3) is 0 Å². The molecule has 0 atom stereocenters. The van der Waals surface area contributed by atoms with Gasteiger partial charge in [-0.05, 0) is 62.8 Å². The van der Waals surface area contributed by atoms with Crippen molar-refractivity contribution in [3.8, 4) is 0 Å². The molecule has 0 aromatic carbocycles. The Morgan fingerprint density at radius 3 is 2.54 bits per heavy atom. The topological polar surface area (TPSA) is 29.1 Å². The number of amides is 1. The van der Waals surface area contributed by atoms with E-state index >= 15 is 0 Å². The van der Waals surface area contributed by atoms with E-state index < -0.39 is 0 Å². The van der Waals surface area contributed by atoms with Gasteiger partial charge in [0.1, 0.15) is 4.88 Å². The zero-order valence-electron chi connectivity index (χ0n) is 17.3. The molecule has 0 unspecified atom stereocenters. The molecule has 2 nitrogen and oxygen atoms in total. The lowest BCUT2D eigenvalue weighted by atomic mass is 9.89. The van der Waals surface area contributed by atoms with Crippen molar-refractivity contribution in [3.05, 3.63) is 39.6 Å². The third-order valence-electron chi connectivity index (χ3n) is 4.26. The molecule has 26 heavy (non-hydrogen) atoms. The Balaban J connectivity index is 2.33. The quantitative estimate of drug-likeness (QED) is 0.339. The van der Waals surface area contributed by atoms with Crippen molar-refractivity contribution in [2.45, 2.75) is 71.6 Å². The summed E-state index contributed by atoms with van der Waals surface area (Å²) < 4.78 is 0. The average molecular weight is 394 g/mol. The fourth-order valence-corrected chi connectivity index (χ4v) is 4.69. The SMILES string of the molecule is CNC(=O)c1sccc1SC/C=C(\C)CC/C=C(\C)CCCC(C)(C)C. The van der Waals surface area contributed by atoms with Crippen LogP contribution in [0.3, 0.4) is 0 Å². The Bertz CT molecular complexity index is 620. The van der Waals surface area contributed by atoms with E-state index in [1.54, 1.807) is 18.8 Å². The third kappa shape index (κ3) is 9.63. The van der Waals surface area contributed by atoms with Gasteiger partial charge < -0.3 is 5.32 Å². The molecular weight excluding hydrogens is 358 g/mol. The Labute approximate surface area is 168 Å². The molecule has 0 saturated heterocycles. The lowest BCUT2D eigenvalue weighted by molar-refractivity contribution is 0.0964. The molecule has 4 heteroatoms. The van der Waals surface area contributed by atoms with Crippen molar-refractivity contribution in [1.82, 2.24) is 5.32 Å². The fraction of sp³-hybridized carbons (Fsp3) is 0.591. The highest BCUT2D eigenvalue weighted by Crippen LogP contribution is 2.28. The molecule has 0 bridgehead atoms. The summed E-state index contributed by atoms with van der Waals surface area (Å²) in [6.45, 7) is 11.4. The van der Waals surface area contributed by atoms with Crippen LogP contribution in [0.4, 0.5) is 0 Å². The number of thioether (sulfide) groups is 1. The van der Waals surface area contributed by atoms with Crippen LogP contribution in [0.1, 0.15) is 76.4 Å². The van der Waals surface area contributed by atoms with Gasteiger partial charge in [0.05, 0.1) is 0 Å². The highest BCUT2D eigenvalue weighted by atomic mass is 32.2. The van der Waals surface area contributed by atoms with Crippen LogP contribution >= 0.6 is 23.1 Å². The molecule has 1 aromatic heterocycles. The van der Waals surface area contributed by atoms with Crippen LogP contribution < -0.4 is 5.32 Å². The zero-order chi connectivity index (χ0) is 19.6. The van der Waals surface area contributed by atoms with Crippen molar-refractivity contribution in [2.24, 2.45) is 5.41 Å². The Morgan fingerprint density at radius 2 is 1.88 bits per heavy atom. The van der Waals surface area contributed by atoms with Gasteiger partial charge in [-0.25, -0.2) is 0 Å². The molecule has 1 heterocycles. The molecule has 0 fully saturated rings. The summed E-state index contributed by atoms with van der Waals surface area (Å²) in [7, 11) is 1.68. The molecular formula is C22H35NOS2. The molecule has 0 aliphatic carbocycles. The number of hydrogen-bond acceptors (Lipinski definition) is 3. The third-order valence-corrected chi connectivity index (χ3v) is 6.29. The van der Waals surface area contributed by atoms with Crippen LogP contribution in [0.15, 0.2) is 39.6 Å². The van der Waals surface area contributed by atoms with Gasteiger partial charge in [-0.3, -0.25) is 4.79 Å². The van der Waals surface area contributed by atoms with Crippen LogP contribution in [-0.4, -0.2) is 18.7 Å². The van der Waals surface area contributed by atoms with Crippen molar-refractivity contribution in [1.29, 1.82) is 0 Å². The number of nitrogens with one attached hydrogen (secondary N) is 1. The van der Waals surface area contributed by atoms with Gasteiger partial charge in [-0.2, -0.15) is 0 Å². The summed E-state index contributed by atoms with van der Waals surface area (Å²) in [5, 5.41) is 4.69. The van der Waals surface area contributed by atoms with Gasteiger partial charge in [0.25, 0.3) is 5.91 Å². The second kappa shape index (κ2) is 11.7. The van der Waals surface area contributed by atoms with Gasteiger partial charge in [-0.15, -0.1) is 23.1 Å². The molecule has 1 rings (SSSR count). The van der Waals surface area contributed by atoms with E-state index in [1.807, 2.05) is 11.4 Å². The molecule has 1 aromatic rings. The van der Waals surface area contributed by atoms with E-state index in [0.717, 1.165) is 28.4 Å². The molecule has 0 saturated carbocycles. The number of hydrogen-bond donors (Lipinski definition) is 1. The van der Waals surface area contributed by atoms with Crippen molar-refractivity contribution in [2.75, 3.05) is 12.8 Å². The predicted octanol–water partition coefficient (Wildman–Crippen LogP) is 7.09. The minimum atomic E-state index is 0.00951. The van der Waals surface area contributed by atoms with Crippen LogP contribution in [-0.2, 0) is 0 Å². The monoisotopic (exact) mass is 393 g/mol. The molecule has 1 amide bonds. The molecule has 0 radical (unpaired) electrons. The molecule has 0 aliphatic rings. The molecule has 1 N–H and O–H groups in total. The molecule has 146 valence electrons. The normalized spacial score (nSPS) is 13.2. The Kier molecular flexibility index (Phi) is 10.3. The largest absolute Gasteiger partial charge is 0.354 e. The van der Waals surface area contributed by atoms with E-state index in [4.69, 9.17) is 0 Å². The maximum atomic E-state index is 11.8. The standard InChI is InChI=1S/C22H35NOS2/c1-17(11-8-14-22(3,4)5)9-7-10-18(2)12-15-25-19-13-16-26-20(19)21(24)23-6/h9,12-13,16H,7-8,10-11,14-15H2,1-6H3,(H,23,24)/b17-9+,18-12+. The van der Waals surface area contributed by atoms with Crippen LogP contribution in [0, 0.1) is 5.41 Å². The first-order valence-corrected chi connectivity index (χ1v) is 11.3. The minimum absolute atomic E-state index is 0.00951. The summed E-state index contributed by atoms with van der Waals surface area (Å²) >= 11 is 3.24. The Hall–Kier alpha value is -1.00. The van der Waals surface area contributed by atoms with Crippen molar-refractivity contribution >= 4 is 29.0 Å². The predicted molar refractivity (Wildman–Crippen MR) is 118 cm³/mol. The maximum absolute atomic E-state index is 11.8. The molecule has 0 spiro atoms. The van der Waals surface area contributed by atoms with Crippen molar-refractivity contribution < 1.29 is 4.79 Å². The second-order valence-electron chi connectivity index (χ2n) is 8.06. The maximum Gasteiger partial charge on any atom is 0.262 e. The first kappa shape index (κ1) is 23.0. The lowest BCUT2D eigenvalue weighted by Gasteiger charge is -2.17. The number of rotatable bonds is 10. The first-order chi connectivity index (χ1) is 12.2. The van der Waals surface area contributed by atoms with Gasteiger partial charge in [0, 0.05) is 17.7 Å². The van der Waals surface area contributed by atoms with E-state index in [0.29, 0.717) is 5.41 Å². The highest BCUT2D eigenvalue weighted by Gasteiger charge is 2.11. The summed E-state index contributed by atoms with van der Waals surface area (Å²) in [5.41, 5.74) is 3.38. The minimum Gasteiger partial charge on any atom is -0.354 e. The van der Waals surface area contributed by atoms with Crippen molar-refractivity contribution in [3.63, 3.8) is 0 Å². The first-order valence-electron chi connectivity index (χ1n) is 9.46. The lowest BCUT2D eigenvalue weighted by Crippen LogP contribution is -2.16. The van der Waals surface area contributed by atoms with Gasteiger partial charge in [0.2, 0.25) is 0 Å². The average Bonchev–Trinajstić information content (AvgIpc) is 3.01. The van der Waals surface area contributed by atoms with E-state index in [2.05, 4.69) is 52.1 Å². The number of carbonyl (C=O) groups excluding carboxylic acids is 1. The van der Waals surface area contributed by atoms with Gasteiger partial charge in [0.15, 0.2) is 0 Å². The molecule has 0 aliphatic heterocycles. The van der Waals surface area contributed by atoms with E-state index in [1.165, 1.54) is 41.7 Å². The fourth-order valence-electron chi connectivity index (χ4n) is 2.61. The van der Waals surface area contributed by atoms with E-state index in [-0.39, 0.29) is 5.91 Å². The second-order valence-corrected chi connectivity index (χ2v) is 10.0. The highest BCUT2D eigenvalue weighted by molar-refractivity contribution is 7.99. The van der Waals surface area contributed by atoms with Crippen LogP contribution in [0.2, 0.25) is 0 Å². The summed E-state index contributed by atoms with van der Waals surface area (Å²) in [6, 6.07) is 2.03. The summed E-state index contributed by atoms with van der Waals surface area (Å²) in [4.78, 5) is 13.7.